The van der Waals surface area contributed by atoms with Crippen LogP contribution in [-0.4, -0.2) is 95.4 Å². The van der Waals surface area contributed by atoms with E-state index in [0.29, 0.717) is 6.42 Å². The van der Waals surface area contributed by atoms with Gasteiger partial charge in [0.2, 0.25) is 5.91 Å². The summed E-state index contributed by atoms with van der Waals surface area (Å²) in [6, 6.07) is -0.942. The second-order valence-corrected chi connectivity index (χ2v) is 23.8. The van der Waals surface area contributed by atoms with Crippen molar-refractivity contribution >= 4 is 16.3 Å². The second-order valence-electron chi connectivity index (χ2n) is 22.7. The molecule has 1 aliphatic heterocycles. The van der Waals surface area contributed by atoms with E-state index in [0.717, 1.165) is 38.5 Å². The van der Waals surface area contributed by atoms with Gasteiger partial charge in [-0.25, -0.2) is 4.18 Å². The molecular weight excluding hydrogens is 979 g/mol. The molecule has 0 spiro atoms. The Morgan fingerprint density at radius 3 is 1.18 bits per heavy atom. The van der Waals surface area contributed by atoms with E-state index >= 15 is 0 Å². The lowest BCUT2D eigenvalue weighted by Gasteiger charge is -2.41. The highest BCUT2D eigenvalue weighted by molar-refractivity contribution is 7.80. The van der Waals surface area contributed by atoms with Crippen LogP contribution in [0.15, 0.2) is 24.3 Å². The van der Waals surface area contributed by atoms with Crippen LogP contribution < -0.4 is 5.32 Å². The highest BCUT2D eigenvalue weighted by Gasteiger charge is 2.48. The number of aliphatic hydroxyl groups excluding tert-OH is 4. The average molecular weight is 1100 g/mol. The van der Waals surface area contributed by atoms with Gasteiger partial charge in [-0.1, -0.05) is 289 Å². The van der Waals surface area contributed by atoms with E-state index in [4.69, 9.17) is 9.47 Å². The number of ether oxygens (including phenoxy) is 2. The molecule has 13 heteroatoms. The molecule has 0 aromatic rings. The fourth-order valence-electron chi connectivity index (χ4n) is 10.5. The van der Waals surface area contributed by atoms with Crippen molar-refractivity contribution in [3.63, 3.8) is 0 Å². The highest BCUT2D eigenvalue weighted by atomic mass is 32.3. The van der Waals surface area contributed by atoms with Crippen molar-refractivity contribution in [2.75, 3.05) is 13.2 Å². The first-order valence-electron chi connectivity index (χ1n) is 32.2. The average Bonchev–Trinajstić information content (AvgIpc) is 3.40. The van der Waals surface area contributed by atoms with Gasteiger partial charge in [-0.2, -0.15) is 8.42 Å². The lowest BCUT2D eigenvalue weighted by molar-refractivity contribution is -0.298. The molecule has 1 aliphatic rings. The van der Waals surface area contributed by atoms with Crippen molar-refractivity contribution in [3.05, 3.63) is 24.3 Å². The molecule has 12 nitrogen and oxygen atoms in total. The molecule has 1 rings (SSSR count). The van der Waals surface area contributed by atoms with Gasteiger partial charge in [-0.3, -0.25) is 9.35 Å². The van der Waals surface area contributed by atoms with Crippen LogP contribution in [0.25, 0.3) is 0 Å². The summed E-state index contributed by atoms with van der Waals surface area (Å²) in [4.78, 5) is 13.1. The van der Waals surface area contributed by atoms with Gasteiger partial charge in [-0.15, -0.1) is 0 Å². The maximum absolute atomic E-state index is 13.1. The minimum absolute atomic E-state index is 0.257. The summed E-state index contributed by atoms with van der Waals surface area (Å²) in [5.41, 5.74) is 0. The zero-order chi connectivity index (χ0) is 55.4. The number of rotatable bonds is 57. The van der Waals surface area contributed by atoms with Crippen molar-refractivity contribution in [1.29, 1.82) is 0 Å². The van der Waals surface area contributed by atoms with E-state index in [9.17, 15) is 38.2 Å². The van der Waals surface area contributed by atoms with Gasteiger partial charge in [0.25, 0.3) is 0 Å². The molecule has 0 saturated carbocycles. The first kappa shape index (κ1) is 72.6. The Morgan fingerprint density at radius 1 is 0.513 bits per heavy atom. The van der Waals surface area contributed by atoms with Crippen molar-refractivity contribution in [3.8, 4) is 0 Å². The molecule has 1 heterocycles. The molecule has 7 atom stereocenters. The monoisotopic (exact) mass is 1100 g/mol. The summed E-state index contributed by atoms with van der Waals surface area (Å²) >= 11 is 0. The number of aliphatic hydroxyl groups is 4. The summed E-state index contributed by atoms with van der Waals surface area (Å²) in [5.74, 6) is -0.257. The molecule has 76 heavy (non-hydrogen) atoms. The van der Waals surface area contributed by atoms with E-state index in [1.54, 1.807) is 6.08 Å². The molecule has 0 aromatic heterocycles. The predicted octanol–water partition coefficient (Wildman–Crippen LogP) is 16.0. The summed E-state index contributed by atoms with van der Waals surface area (Å²) in [7, 11) is -5.09. The topological polar surface area (TPSA) is 192 Å². The van der Waals surface area contributed by atoms with E-state index < -0.39 is 59.9 Å². The quantitative estimate of drug-likeness (QED) is 0.0193. The number of allylic oxidation sites excluding steroid dienone is 3. The first-order valence-corrected chi connectivity index (χ1v) is 33.6. The van der Waals surface area contributed by atoms with Gasteiger partial charge in [-0.05, 0) is 44.9 Å². The minimum atomic E-state index is -5.09. The number of carbonyl (C=O) groups excluding carboxylic acids is 1. The Morgan fingerprint density at radius 2 is 0.842 bits per heavy atom. The SMILES string of the molecule is CCCCCCCCCCCCCC/C=C/C(O)C(COC1OC(CO)C(O)C(OS(=O)(=O)O)C1O)NC(=O)CCCCCCCCCCCCCCCCCCC/C=C\CCCCCCCCCCCCCCCC. The summed E-state index contributed by atoms with van der Waals surface area (Å²) in [5, 5.41) is 45.0. The van der Waals surface area contributed by atoms with Gasteiger partial charge < -0.3 is 35.2 Å². The van der Waals surface area contributed by atoms with Gasteiger partial charge in [0.05, 0.1) is 25.4 Å². The van der Waals surface area contributed by atoms with Gasteiger partial charge >= 0.3 is 10.4 Å². The summed E-state index contributed by atoms with van der Waals surface area (Å²) in [6.45, 7) is 3.43. The van der Waals surface area contributed by atoms with Crippen molar-refractivity contribution in [2.24, 2.45) is 0 Å². The van der Waals surface area contributed by atoms with E-state index in [2.05, 4.69) is 35.5 Å². The van der Waals surface area contributed by atoms with Gasteiger partial charge in [0.1, 0.15) is 24.4 Å². The molecule has 6 N–H and O–H groups in total. The molecule has 0 aliphatic carbocycles. The Bertz CT molecular complexity index is 1430. The Balaban J connectivity index is 2.19. The third-order valence-corrected chi connectivity index (χ3v) is 15.9. The first-order chi connectivity index (χ1) is 37.0. The molecule has 450 valence electrons. The number of nitrogens with one attached hydrogen (secondary N) is 1. The Hall–Kier alpha value is -1.42. The number of hydrogen-bond acceptors (Lipinski definition) is 10. The van der Waals surface area contributed by atoms with Crippen LogP contribution in [-0.2, 0) is 28.9 Å². The maximum atomic E-state index is 13.1. The zero-order valence-electron chi connectivity index (χ0n) is 49.1. The third kappa shape index (κ3) is 44.3. The number of amides is 1. The van der Waals surface area contributed by atoms with Crippen molar-refractivity contribution < 1.29 is 51.8 Å². The summed E-state index contributed by atoms with van der Waals surface area (Å²) in [6.07, 6.45) is 58.3. The van der Waals surface area contributed by atoms with Gasteiger partial charge in [0.15, 0.2) is 6.29 Å². The van der Waals surface area contributed by atoms with E-state index in [1.807, 2.05) is 6.08 Å². The maximum Gasteiger partial charge on any atom is 0.397 e. The number of hydrogen-bond donors (Lipinski definition) is 6. The molecule has 1 fully saturated rings. The lowest BCUT2D eigenvalue weighted by atomic mass is 9.99. The molecule has 1 saturated heterocycles. The normalized spacial score (nSPS) is 19.1. The second kappa shape index (κ2) is 52.9. The number of carbonyl (C=O) groups is 1. The minimum Gasteiger partial charge on any atom is -0.394 e. The van der Waals surface area contributed by atoms with Crippen LogP contribution >= 0.6 is 0 Å². The number of unbranched alkanes of at least 4 members (excludes halogenated alkanes) is 43. The van der Waals surface area contributed by atoms with Crippen molar-refractivity contribution in [1.82, 2.24) is 5.32 Å². The standard InChI is InChI=1S/C63H121NO11S/c1-3-5-7-9-11-13-15-17-19-20-21-22-23-24-25-26-27-28-29-30-31-32-33-34-35-36-37-38-39-41-43-45-47-49-51-53-59(67)64-56(55-73-63-61(69)62(75-76(70,71)72)60(68)58(54-65)74-63)57(66)52-50-48-46-44-42-40-18-16-14-12-10-8-6-4-2/h26-27,50,52,56-58,60-63,65-66,68-69H,3-25,28-49,51,53-55H2,1-2H3,(H,64,67)(H,70,71,72)/b27-26-,52-50+. The Kier molecular flexibility index (Phi) is 50.6. The van der Waals surface area contributed by atoms with Crippen LogP contribution in [0.5, 0.6) is 0 Å². The van der Waals surface area contributed by atoms with Crippen LogP contribution in [0.2, 0.25) is 0 Å². The smallest absolute Gasteiger partial charge is 0.394 e. The predicted molar refractivity (Wildman–Crippen MR) is 315 cm³/mol. The fourth-order valence-corrected chi connectivity index (χ4v) is 11.0. The van der Waals surface area contributed by atoms with E-state index in [-0.39, 0.29) is 18.9 Å². The molecule has 7 unspecified atom stereocenters. The van der Waals surface area contributed by atoms with Crippen LogP contribution in [0.4, 0.5) is 0 Å². The zero-order valence-corrected chi connectivity index (χ0v) is 49.9. The highest BCUT2D eigenvalue weighted by Crippen LogP contribution is 2.26. The lowest BCUT2D eigenvalue weighted by Crippen LogP contribution is -2.61. The molecule has 0 radical (unpaired) electrons. The van der Waals surface area contributed by atoms with Crippen molar-refractivity contribution in [2.45, 2.75) is 358 Å². The fraction of sp³-hybridized carbons (Fsp3) is 0.921. The molecule has 1 amide bonds. The summed E-state index contributed by atoms with van der Waals surface area (Å²) < 4.78 is 47.8. The molecule has 0 aromatic carbocycles. The molecular formula is C63H121NO11S. The van der Waals surface area contributed by atoms with E-state index in [1.165, 1.54) is 250 Å². The largest absolute Gasteiger partial charge is 0.397 e. The third-order valence-electron chi connectivity index (χ3n) is 15.5. The van der Waals surface area contributed by atoms with Crippen LogP contribution in [0.1, 0.15) is 316 Å². The van der Waals surface area contributed by atoms with Crippen LogP contribution in [0, 0.1) is 0 Å². The van der Waals surface area contributed by atoms with Gasteiger partial charge in [0, 0.05) is 6.42 Å². The Labute approximate surface area is 467 Å². The van der Waals surface area contributed by atoms with Crippen LogP contribution in [0.3, 0.4) is 0 Å². The molecule has 0 bridgehead atoms.